The summed E-state index contributed by atoms with van der Waals surface area (Å²) in [6.07, 6.45) is 6.80. The molecule has 0 saturated carbocycles. The van der Waals surface area contributed by atoms with Crippen molar-refractivity contribution in [2.45, 2.75) is 40.5 Å². The van der Waals surface area contributed by atoms with E-state index in [1.807, 2.05) is 0 Å². The predicted octanol–water partition coefficient (Wildman–Crippen LogP) is 3.70. The average molecular weight is 138 g/mol. The minimum Gasteiger partial charge on any atom is -0.0819 e. The lowest BCUT2D eigenvalue weighted by atomic mass is 10.1. The van der Waals surface area contributed by atoms with Gasteiger partial charge in [0.15, 0.2) is 0 Å². The lowest BCUT2D eigenvalue weighted by Crippen LogP contribution is -1.73. The second-order valence-electron chi connectivity index (χ2n) is 2.70. The molecule has 0 rings (SSSR count). The van der Waals surface area contributed by atoms with Crippen molar-refractivity contribution in [3.8, 4) is 0 Å². The van der Waals surface area contributed by atoms with Gasteiger partial charge < -0.3 is 0 Å². The van der Waals surface area contributed by atoms with E-state index in [1.54, 1.807) is 0 Å². The van der Waals surface area contributed by atoms with Crippen LogP contribution in [0.5, 0.6) is 0 Å². The molecule has 0 fully saturated rings. The van der Waals surface area contributed by atoms with Gasteiger partial charge in [0, 0.05) is 0 Å². The van der Waals surface area contributed by atoms with Gasteiger partial charge in [0.25, 0.3) is 0 Å². The van der Waals surface area contributed by atoms with Crippen LogP contribution in [0.2, 0.25) is 0 Å². The normalized spacial score (nSPS) is 14.0. The first-order valence-electron chi connectivity index (χ1n) is 4.04. The highest BCUT2D eigenvalue weighted by Gasteiger charge is 1.84. The highest BCUT2D eigenvalue weighted by molar-refractivity contribution is 5.19. The van der Waals surface area contributed by atoms with Crippen molar-refractivity contribution in [1.29, 1.82) is 0 Å². The van der Waals surface area contributed by atoms with Crippen LogP contribution in [0, 0.1) is 0 Å². The molecule has 58 valence electrons. The Morgan fingerprint density at radius 3 is 2.20 bits per heavy atom. The summed E-state index contributed by atoms with van der Waals surface area (Å²) >= 11 is 0. The zero-order valence-corrected chi connectivity index (χ0v) is 7.57. The second kappa shape index (κ2) is 5.28. The monoisotopic (exact) mass is 138 g/mol. The third-order valence-corrected chi connectivity index (χ3v) is 1.56. The Bertz CT molecular complexity index is 138. The summed E-state index contributed by atoms with van der Waals surface area (Å²) in [5.74, 6) is 0. The third-order valence-electron chi connectivity index (χ3n) is 1.56. The highest BCUT2D eigenvalue weighted by atomic mass is 13.9. The highest BCUT2D eigenvalue weighted by Crippen LogP contribution is 2.04. The van der Waals surface area contributed by atoms with Gasteiger partial charge in [0.1, 0.15) is 0 Å². The van der Waals surface area contributed by atoms with Crippen LogP contribution in [-0.2, 0) is 0 Å². The first kappa shape index (κ1) is 9.48. The molecule has 0 aliphatic heterocycles. The Balaban J connectivity index is 3.98. The van der Waals surface area contributed by atoms with Gasteiger partial charge in [-0.05, 0) is 26.7 Å². The molecule has 0 aromatic heterocycles. The Hall–Kier alpha value is -0.520. The maximum Gasteiger partial charge on any atom is -0.0348 e. The van der Waals surface area contributed by atoms with Crippen molar-refractivity contribution in [1.82, 2.24) is 0 Å². The van der Waals surface area contributed by atoms with Crippen LogP contribution >= 0.6 is 0 Å². The second-order valence-corrected chi connectivity index (χ2v) is 2.70. The zero-order chi connectivity index (χ0) is 7.98. The molecule has 0 aliphatic carbocycles. The summed E-state index contributed by atoms with van der Waals surface area (Å²) in [4.78, 5) is 0. The van der Waals surface area contributed by atoms with E-state index in [-0.39, 0.29) is 0 Å². The minimum atomic E-state index is 1.14. The molecule has 0 aliphatic rings. The molecule has 0 bridgehead atoms. The standard InChI is InChI=1S/C10H18/c1-5-7-10(4)8-9(3)6-2/h7-8H,5-6H2,1-4H3. The molecule has 0 atom stereocenters. The molecule has 0 spiro atoms. The van der Waals surface area contributed by atoms with Crippen LogP contribution in [0.4, 0.5) is 0 Å². The summed E-state index contributed by atoms with van der Waals surface area (Å²) in [6, 6.07) is 0. The summed E-state index contributed by atoms with van der Waals surface area (Å²) < 4.78 is 0. The Morgan fingerprint density at radius 1 is 1.20 bits per heavy atom. The summed E-state index contributed by atoms with van der Waals surface area (Å²) in [6.45, 7) is 8.68. The Kier molecular flexibility index (Phi) is 5.00. The van der Waals surface area contributed by atoms with Crippen molar-refractivity contribution < 1.29 is 0 Å². The number of hydrogen-bond donors (Lipinski definition) is 0. The smallest absolute Gasteiger partial charge is 0.0348 e. The summed E-state index contributed by atoms with van der Waals surface area (Å²) in [5, 5.41) is 0. The van der Waals surface area contributed by atoms with E-state index in [1.165, 1.54) is 11.1 Å². The molecule has 0 N–H and O–H groups in total. The van der Waals surface area contributed by atoms with Gasteiger partial charge in [-0.15, -0.1) is 0 Å². The summed E-state index contributed by atoms with van der Waals surface area (Å²) in [7, 11) is 0. The molecule has 10 heavy (non-hydrogen) atoms. The molecule has 0 aromatic carbocycles. The third kappa shape index (κ3) is 4.37. The van der Waals surface area contributed by atoms with Crippen molar-refractivity contribution in [2.24, 2.45) is 0 Å². The molecule has 0 saturated heterocycles. The zero-order valence-electron chi connectivity index (χ0n) is 7.57. The Labute approximate surface area is 64.6 Å². The van der Waals surface area contributed by atoms with Crippen LogP contribution in [0.3, 0.4) is 0 Å². The van der Waals surface area contributed by atoms with Gasteiger partial charge in [-0.2, -0.15) is 0 Å². The molecule has 0 aromatic rings. The van der Waals surface area contributed by atoms with Crippen LogP contribution in [-0.4, -0.2) is 0 Å². The molecule has 0 heteroatoms. The minimum absolute atomic E-state index is 1.14. The van der Waals surface area contributed by atoms with Gasteiger partial charge in [-0.1, -0.05) is 37.1 Å². The fraction of sp³-hybridized carbons (Fsp3) is 0.600. The van der Waals surface area contributed by atoms with E-state index in [4.69, 9.17) is 0 Å². The molecule has 0 radical (unpaired) electrons. The largest absolute Gasteiger partial charge is 0.0819 e. The van der Waals surface area contributed by atoms with Gasteiger partial charge in [0.05, 0.1) is 0 Å². The Morgan fingerprint density at radius 2 is 1.80 bits per heavy atom. The first-order valence-corrected chi connectivity index (χ1v) is 4.04. The summed E-state index contributed by atoms with van der Waals surface area (Å²) in [5.41, 5.74) is 2.85. The van der Waals surface area contributed by atoms with Crippen molar-refractivity contribution in [3.05, 3.63) is 23.3 Å². The van der Waals surface area contributed by atoms with E-state index in [0.717, 1.165) is 12.8 Å². The van der Waals surface area contributed by atoms with Crippen LogP contribution < -0.4 is 0 Å². The number of hydrogen-bond acceptors (Lipinski definition) is 0. The molecule has 0 nitrogen and oxygen atoms in total. The van der Waals surface area contributed by atoms with Crippen LogP contribution in [0.15, 0.2) is 23.3 Å². The SMILES string of the molecule is CCC=C(C)C=C(C)CC. The van der Waals surface area contributed by atoms with E-state index < -0.39 is 0 Å². The van der Waals surface area contributed by atoms with Crippen molar-refractivity contribution in [3.63, 3.8) is 0 Å². The predicted molar refractivity (Wildman–Crippen MR) is 48.1 cm³/mol. The fourth-order valence-electron chi connectivity index (χ4n) is 0.872. The van der Waals surface area contributed by atoms with E-state index in [2.05, 4.69) is 39.8 Å². The van der Waals surface area contributed by atoms with Crippen molar-refractivity contribution >= 4 is 0 Å². The maximum atomic E-state index is 2.25. The van der Waals surface area contributed by atoms with Crippen molar-refractivity contribution in [2.75, 3.05) is 0 Å². The van der Waals surface area contributed by atoms with Crippen LogP contribution in [0.25, 0.3) is 0 Å². The molecule has 0 heterocycles. The maximum absolute atomic E-state index is 2.25. The molecular weight excluding hydrogens is 120 g/mol. The fourth-order valence-corrected chi connectivity index (χ4v) is 0.872. The topological polar surface area (TPSA) is 0 Å². The van der Waals surface area contributed by atoms with Gasteiger partial charge in [0.2, 0.25) is 0 Å². The quantitative estimate of drug-likeness (QED) is 0.522. The molecule has 0 amide bonds. The number of rotatable bonds is 3. The van der Waals surface area contributed by atoms with Gasteiger partial charge >= 0.3 is 0 Å². The lowest BCUT2D eigenvalue weighted by molar-refractivity contribution is 1.09. The average Bonchev–Trinajstić information content (AvgIpc) is 1.88. The molecular formula is C10H18. The van der Waals surface area contributed by atoms with Gasteiger partial charge in [-0.25, -0.2) is 0 Å². The van der Waals surface area contributed by atoms with E-state index in [9.17, 15) is 0 Å². The van der Waals surface area contributed by atoms with Gasteiger partial charge in [-0.3, -0.25) is 0 Å². The lowest BCUT2D eigenvalue weighted by Gasteiger charge is -1.94. The number of allylic oxidation sites excluding steroid dienone is 4. The van der Waals surface area contributed by atoms with E-state index >= 15 is 0 Å². The van der Waals surface area contributed by atoms with E-state index in [0.29, 0.717) is 0 Å². The van der Waals surface area contributed by atoms with Crippen LogP contribution in [0.1, 0.15) is 40.5 Å². The molecule has 0 unspecified atom stereocenters. The first-order chi connectivity index (χ1) is 4.70.